The van der Waals surface area contributed by atoms with Crippen molar-refractivity contribution in [3.05, 3.63) is 59.9 Å². The Bertz CT molecular complexity index is 740. The molecule has 0 N–H and O–H groups in total. The van der Waals surface area contributed by atoms with Crippen LogP contribution in [0.4, 0.5) is 4.39 Å². The molecule has 0 aliphatic carbocycles. The van der Waals surface area contributed by atoms with E-state index >= 15 is 0 Å². The number of hydrogen-bond acceptors (Lipinski definition) is 2. The van der Waals surface area contributed by atoms with E-state index in [1.54, 1.807) is 6.20 Å². The summed E-state index contributed by atoms with van der Waals surface area (Å²) in [5.74, 6) is 0.609. The number of pyridine rings is 2. The Labute approximate surface area is 123 Å². The molecule has 0 saturated carbocycles. The molecule has 0 atom stereocenters. The van der Waals surface area contributed by atoms with Crippen LogP contribution in [0.25, 0.3) is 11.4 Å². The number of nitrogens with zero attached hydrogens (tertiary/aromatic N) is 3. The molecule has 2 aliphatic rings. The molecule has 3 heterocycles. The van der Waals surface area contributed by atoms with Gasteiger partial charge in [-0.15, -0.1) is 0 Å². The maximum absolute atomic E-state index is 13.3. The van der Waals surface area contributed by atoms with Crippen molar-refractivity contribution in [1.29, 1.82) is 0 Å². The van der Waals surface area contributed by atoms with Crippen molar-refractivity contribution < 1.29 is 4.39 Å². The fraction of sp³-hybridized carbons (Fsp3) is 0.294. The van der Waals surface area contributed by atoms with Crippen LogP contribution >= 0.6 is 0 Å². The van der Waals surface area contributed by atoms with Gasteiger partial charge in [-0.05, 0) is 29.8 Å². The van der Waals surface area contributed by atoms with Crippen molar-refractivity contribution in [1.82, 2.24) is 14.5 Å². The van der Waals surface area contributed by atoms with E-state index in [-0.39, 0.29) is 11.2 Å². The number of aromatic nitrogens is 3. The molecular formula is C17H18FN3. The quantitative estimate of drug-likeness (QED) is 0.715. The predicted molar refractivity (Wildman–Crippen MR) is 80.8 cm³/mol. The van der Waals surface area contributed by atoms with Crippen LogP contribution < -0.4 is 0 Å². The molecule has 0 aromatic carbocycles. The minimum absolute atomic E-state index is 0.0112. The molecule has 0 bridgehead atoms. The Kier molecular flexibility index (Phi) is 3.24. The lowest BCUT2D eigenvalue weighted by Crippen LogP contribution is -2.11. The van der Waals surface area contributed by atoms with Crippen molar-refractivity contribution >= 4 is 0 Å². The van der Waals surface area contributed by atoms with Crippen LogP contribution in [0, 0.1) is 5.82 Å². The van der Waals surface area contributed by atoms with Crippen molar-refractivity contribution in [2.45, 2.75) is 32.7 Å². The van der Waals surface area contributed by atoms with Crippen LogP contribution in [0.5, 0.6) is 0 Å². The van der Waals surface area contributed by atoms with Gasteiger partial charge in [0.15, 0.2) is 0 Å². The summed E-state index contributed by atoms with van der Waals surface area (Å²) < 4.78 is 15.3. The Morgan fingerprint density at radius 1 is 1.19 bits per heavy atom. The van der Waals surface area contributed by atoms with Crippen molar-refractivity contribution in [3.63, 3.8) is 0 Å². The molecule has 0 spiro atoms. The molecule has 0 amide bonds. The Morgan fingerprint density at radius 3 is 2.71 bits per heavy atom. The first-order valence-electron chi connectivity index (χ1n) is 6.99. The second-order valence-electron chi connectivity index (χ2n) is 6.32. The lowest BCUT2D eigenvalue weighted by Gasteiger charge is -2.14. The minimum atomic E-state index is -0.314. The molecule has 21 heavy (non-hydrogen) atoms. The zero-order valence-electron chi connectivity index (χ0n) is 12.5. The van der Waals surface area contributed by atoms with Crippen molar-refractivity contribution in [2.24, 2.45) is 0 Å². The summed E-state index contributed by atoms with van der Waals surface area (Å²) in [6, 6.07) is 7.67. The van der Waals surface area contributed by atoms with Gasteiger partial charge in [0.1, 0.15) is 11.6 Å². The third kappa shape index (κ3) is 2.79. The SMILES string of the molecule is CC(C)(C)c1cc2cccn(Cc3cncc(F)c3)c-2n1. The molecule has 0 saturated heterocycles. The average molecular weight is 283 g/mol. The molecule has 4 heteroatoms. The smallest absolute Gasteiger partial charge is 0.141 e. The summed E-state index contributed by atoms with van der Waals surface area (Å²) >= 11 is 0. The van der Waals surface area contributed by atoms with E-state index in [2.05, 4.69) is 37.9 Å². The van der Waals surface area contributed by atoms with Gasteiger partial charge in [-0.3, -0.25) is 4.98 Å². The third-order valence-electron chi connectivity index (χ3n) is 3.47. The van der Waals surface area contributed by atoms with Gasteiger partial charge in [0.2, 0.25) is 0 Å². The summed E-state index contributed by atoms with van der Waals surface area (Å²) in [6.45, 7) is 7.00. The normalized spacial score (nSPS) is 12.0. The minimum Gasteiger partial charge on any atom is -0.328 e. The zero-order valence-corrected chi connectivity index (χ0v) is 12.5. The van der Waals surface area contributed by atoms with E-state index in [1.807, 2.05) is 16.8 Å². The maximum Gasteiger partial charge on any atom is 0.141 e. The molecule has 3 nitrogen and oxygen atoms in total. The highest BCUT2D eigenvalue weighted by molar-refractivity contribution is 5.60. The second-order valence-corrected chi connectivity index (χ2v) is 6.32. The van der Waals surface area contributed by atoms with Gasteiger partial charge in [0.05, 0.1) is 12.7 Å². The van der Waals surface area contributed by atoms with E-state index in [4.69, 9.17) is 4.98 Å². The molecule has 2 aliphatic heterocycles. The first-order valence-corrected chi connectivity index (χ1v) is 6.99. The number of halogens is 1. The van der Waals surface area contributed by atoms with E-state index in [1.165, 1.54) is 12.3 Å². The van der Waals surface area contributed by atoms with Gasteiger partial charge < -0.3 is 4.57 Å². The summed E-state index contributed by atoms with van der Waals surface area (Å²) in [4.78, 5) is 8.65. The molecular weight excluding hydrogens is 265 g/mol. The standard InChI is InChI=1S/C17H18FN3/c1-17(2,3)15-8-13-5-4-6-21(16(13)20-15)11-12-7-14(18)10-19-9-12/h4-10H,11H2,1-3H3. The second kappa shape index (κ2) is 4.95. The van der Waals surface area contributed by atoms with Gasteiger partial charge >= 0.3 is 0 Å². The van der Waals surface area contributed by atoms with Gasteiger partial charge in [-0.2, -0.15) is 0 Å². The van der Waals surface area contributed by atoms with E-state index in [0.717, 1.165) is 22.6 Å². The molecule has 1 aromatic rings. The Hall–Kier alpha value is -2.23. The molecule has 108 valence electrons. The average Bonchev–Trinajstić information content (AvgIpc) is 2.84. The zero-order chi connectivity index (χ0) is 15.0. The van der Waals surface area contributed by atoms with E-state index in [9.17, 15) is 4.39 Å². The van der Waals surface area contributed by atoms with Crippen LogP contribution in [0.1, 0.15) is 32.0 Å². The van der Waals surface area contributed by atoms with Gasteiger partial charge in [0, 0.05) is 29.1 Å². The van der Waals surface area contributed by atoms with Crippen LogP contribution in [0.15, 0.2) is 42.9 Å². The van der Waals surface area contributed by atoms with Crippen LogP contribution in [-0.2, 0) is 12.0 Å². The molecule has 3 rings (SSSR count). The molecule has 0 radical (unpaired) electrons. The summed E-state index contributed by atoms with van der Waals surface area (Å²) in [5, 5.41) is 0. The van der Waals surface area contributed by atoms with Crippen LogP contribution in [0.3, 0.4) is 0 Å². The first kappa shape index (κ1) is 13.7. The van der Waals surface area contributed by atoms with E-state index < -0.39 is 0 Å². The monoisotopic (exact) mass is 283 g/mol. The maximum atomic E-state index is 13.3. The van der Waals surface area contributed by atoms with Gasteiger partial charge in [-0.25, -0.2) is 9.37 Å². The fourth-order valence-corrected chi connectivity index (χ4v) is 2.35. The lowest BCUT2D eigenvalue weighted by molar-refractivity contribution is 0.572. The van der Waals surface area contributed by atoms with Gasteiger partial charge in [0.25, 0.3) is 0 Å². The highest BCUT2D eigenvalue weighted by Crippen LogP contribution is 2.29. The molecule has 0 fully saturated rings. The third-order valence-corrected chi connectivity index (χ3v) is 3.47. The lowest BCUT2D eigenvalue weighted by atomic mass is 9.92. The topological polar surface area (TPSA) is 30.7 Å². The first-order chi connectivity index (χ1) is 9.93. The summed E-state index contributed by atoms with van der Waals surface area (Å²) in [7, 11) is 0. The Morgan fingerprint density at radius 2 is 2.00 bits per heavy atom. The largest absolute Gasteiger partial charge is 0.328 e. The Balaban J connectivity index is 2.02. The highest BCUT2D eigenvalue weighted by atomic mass is 19.1. The summed E-state index contributed by atoms with van der Waals surface area (Å²) in [5.41, 5.74) is 3.01. The predicted octanol–water partition coefficient (Wildman–Crippen LogP) is 3.87. The van der Waals surface area contributed by atoms with Crippen LogP contribution in [-0.4, -0.2) is 14.5 Å². The van der Waals surface area contributed by atoms with Crippen LogP contribution in [0.2, 0.25) is 0 Å². The van der Waals surface area contributed by atoms with E-state index in [0.29, 0.717) is 6.54 Å². The van der Waals surface area contributed by atoms with Gasteiger partial charge in [-0.1, -0.05) is 20.8 Å². The molecule has 1 aromatic heterocycles. The van der Waals surface area contributed by atoms with Crippen molar-refractivity contribution in [2.75, 3.05) is 0 Å². The highest BCUT2D eigenvalue weighted by Gasteiger charge is 2.21. The molecule has 0 unspecified atom stereocenters. The number of fused-ring (bicyclic) bond motifs is 1. The van der Waals surface area contributed by atoms with Crippen molar-refractivity contribution in [3.8, 4) is 11.4 Å². The fourth-order valence-electron chi connectivity index (χ4n) is 2.35. The summed E-state index contributed by atoms with van der Waals surface area (Å²) in [6.07, 6.45) is 4.86. The number of hydrogen-bond donors (Lipinski definition) is 0. The number of rotatable bonds is 2.